The molecule has 2 aromatic heterocycles. The third-order valence-electron chi connectivity index (χ3n) is 3.20. The van der Waals surface area contributed by atoms with Crippen LogP contribution in [0.5, 0.6) is 0 Å². The molecule has 0 atom stereocenters. The molecule has 0 amide bonds. The van der Waals surface area contributed by atoms with Gasteiger partial charge in [0.2, 0.25) is 0 Å². The third-order valence-corrected chi connectivity index (χ3v) is 3.20. The topological polar surface area (TPSA) is 87.7 Å². The number of tetrazole rings is 1. The molecule has 0 N–H and O–H groups in total. The van der Waals surface area contributed by atoms with Crippen molar-refractivity contribution in [3.8, 4) is 5.69 Å². The molecule has 8 nitrogen and oxygen atoms in total. The quantitative estimate of drug-likeness (QED) is 0.638. The second-order valence-electron chi connectivity index (χ2n) is 5.03. The fraction of sp³-hybridized carbons (Fsp3) is 0.267. The molecule has 3 rings (SSSR count). The van der Waals surface area contributed by atoms with Gasteiger partial charge in [-0.3, -0.25) is 9.48 Å². The smallest absolute Gasteiger partial charge is 0.308 e. The molecule has 0 saturated heterocycles. The summed E-state index contributed by atoms with van der Waals surface area (Å²) in [5, 5.41) is 15.6. The minimum absolute atomic E-state index is 0.0266. The number of esters is 1. The van der Waals surface area contributed by atoms with Gasteiger partial charge in [0, 0.05) is 6.20 Å². The first-order chi connectivity index (χ1) is 11.2. The van der Waals surface area contributed by atoms with Crippen molar-refractivity contribution >= 4 is 5.97 Å². The van der Waals surface area contributed by atoms with Crippen LogP contribution in [0.25, 0.3) is 5.69 Å². The predicted octanol–water partition coefficient (Wildman–Crippen LogP) is 1.30. The van der Waals surface area contributed by atoms with E-state index in [2.05, 4.69) is 20.6 Å². The van der Waals surface area contributed by atoms with Crippen LogP contribution in [-0.4, -0.2) is 36.0 Å². The highest BCUT2D eigenvalue weighted by molar-refractivity contribution is 5.69. The van der Waals surface area contributed by atoms with Gasteiger partial charge in [-0.2, -0.15) is 9.78 Å². The third kappa shape index (κ3) is 3.79. The van der Waals surface area contributed by atoms with Gasteiger partial charge in [0.25, 0.3) is 0 Å². The molecule has 118 valence electrons. The van der Waals surface area contributed by atoms with E-state index in [1.54, 1.807) is 15.6 Å². The minimum atomic E-state index is -0.319. The van der Waals surface area contributed by atoms with E-state index in [-0.39, 0.29) is 19.0 Å². The Labute approximate surface area is 132 Å². The van der Waals surface area contributed by atoms with Gasteiger partial charge in [0.1, 0.15) is 0 Å². The summed E-state index contributed by atoms with van der Waals surface area (Å²) in [5.74, 6) is 0.153. The lowest BCUT2D eigenvalue weighted by molar-refractivity contribution is -0.145. The number of hydrogen-bond acceptors (Lipinski definition) is 6. The standard InChI is InChI=1S/C15H16N6O2/c1-12-9-16-20(10-12)8-7-15(22)23-11-14-17-18-19-21(14)13-5-3-2-4-6-13/h2-6,9-10H,7-8,11H2,1H3. The van der Waals surface area contributed by atoms with Gasteiger partial charge in [-0.25, -0.2) is 0 Å². The number of hydrogen-bond donors (Lipinski definition) is 0. The molecule has 2 heterocycles. The van der Waals surface area contributed by atoms with Crippen LogP contribution >= 0.6 is 0 Å². The summed E-state index contributed by atoms with van der Waals surface area (Å²) in [5.41, 5.74) is 1.87. The number of aromatic nitrogens is 6. The molecule has 0 saturated carbocycles. The van der Waals surface area contributed by atoms with E-state index in [4.69, 9.17) is 4.74 Å². The van der Waals surface area contributed by atoms with Crippen LogP contribution in [0.3, 0.4) is 0 Å². The van der Waals surface area contributed by atoms with Crippen LogP contribution in [0.15, 0.2) is 42.7 Å². The fourth-order valence-electron chi connectivity index (χ4n) is 2.08. The highest BCUT2D eigenvalue weighted by Crippen LogP contribution is 2.08. The predicted molar refractivity (Wildman–Crippen MR) is 80.5 cm³/mol. The molecule has 0 aliphatic rings. The number of rotatable bonds is 6. The zero-order valence-electron chi connectivity index (χ0n) is 12.7. The second-order valence-corrected chi connectivity index (χ2v) is 5.03. The zero-order valence-corrected chi connectivity index (χ0v) is 12.7. The molecule has 23 heavy (non-hydrogen) atoms. The normalized spacial score (nSPS) is 10.7. The van der Waals surface area contributed by atoms with Crippen LogP contribution in [0, 0.1) is 6.92 Å². The number of carbonyl (C=O) groups excluding carboxylic acids is 1. The Balaban J connectivity index is 1.54. The van der Waals surface area contributed by atoms with Crippen molar-refractivity contribution in [2.45, 2.75) is 26.5 Å². The fourth-order valence-corrected chi connectivity index (χ4v) is 2.08. The Morgan fingerprint density at radius 1 is 1.26 bits per heavy atom. The average molecular weight is 312 g/mol. The monoisotopic (exact) mass is 312 g/mol. The van der Waals surface area contributed by atoms with Crippen molar-refractivity contribution in [2.75, 3.05) is 0 Å². The highest BCUT2D eigenvalue weighted by Gasteiger charge is 2.11. The molecule has 0 unspecified atom stereocenters. The summed E-state index contributed by atoms with van der Waals surface area (Å²) >= 11 is 0. The van der Waals surface area contributed by atoms with Gasteiger partial charge in [-0.05, 0) is 35.0 Å². The number of carbonyl (C=O) groups is 1. The zero-order chi connectivity index (χ0) is 16.1. The number of ether oxygens (including phenoxy) is 1. The molecule has 8 heteroatoms. The van der Waals surface area contributed by atoms with Gasteiger partial charge in [0.15, 0.2) is 12.4 Å². The largest absolute Gasteiger partial charge is 0.457 e. The lowest BCUT2D eigenvalue weighted by Crippen LogP contribution is -2.12. The minimum Gasteiger partial charge on any atom is -0.457 e. The maximum absolute atomic E-state index is 11.8. The Kier molecular flexibility index (Phi) is 4.41. The highest BCUT2D eigenvalue weighted by atomic mass is 16.5. The number of nitrogens with zero attached hydrogens (tertiary/aromatic N) is 6. The first kappa shape index (κ1) is 14.9. The summed E-state index contributed by atoms with van der Waals surface area (Å²) in [6.07, 6.45) is 3.87. The molecule has 0 spiro atoms. The molecule has 3 aromatic rings. The molecule has 0 aliphatic heterocycles. The van der Waals surface area contributed by atoms with Crippen molar-refractivity contribution in [1.82, 2.24) is 30.0 Å². The van der Waals surface area contributed by atoms with Crippen LogP contribution < -0.4 is 0 Å². The van der Waals surface area contributed by atoms with E-state index in [0.29, 0.717) is 12.4 Å². The summed E-state index contributed by atoms with van der Waals surface area (Å²) in [6.45, 7) is 2.46. The van der Waals surface area contributed by atoms with Crippen molar-refractivity contribution in [1.29, 1.82) is 0 Å². The Morgan fingerprint density at radius 3 is 2.83 bits per heavy atom. The number of aryl methyl sites for hydroxylation is 2. The molecular formula is C15H16N6O2. The molecule has 0 fully saturated rings. The summed E-state index contributed by atoms with van der Waals surface area (Å²) in [7, 11) is 0. The number of benzene rings is 1. The van der Waals surface area contributed by atoms with E-state index in [0.717, 1.165) is 11.3 Å². The maximum Gasteiger partial charge on any atom is 0.308 e. The van der Waals surface area contributed by atoms with Crippen LogP contribution in [0.1, 0.15) is 17.8 Å². The van der Waals surface area contributed by atoms with Crippen LogP contribution in [0.2, 0.25) is 0 Å². The Morgan fingerprint density at radius 2 is 2.09 bits per heavy atom. The van der Waals surface area contributed by atoms with Crippen molar-refractivity contribution in [2.24, 2.45) is 0 Å². The number of para-hydroxylation sites is 1. The van der Waals surface area contributed by atoms with E-state index < -0.39 is 0 Å². The van der Waals surface area contributed by atoms with E-state index in [9.17, 15) is 4.79 Å². The van der Waals surface area contributed by atoms with Gasteiger partial charge >= 0.3 is 5.97 Å². The van der Waals surface area contributed by atoms with Crippen LogP contribution in [0.4, 0.5) is 0 Å². The van der Waals surface area contributed by atoms with Crippen molar-refractivity contribution in [3.63, 3.8) is 0 Å². The molecule has 0 aliphatic carbocycles. The summed E-state index contributed by atoms with van der Waals surface area (Å²) in [6, 6.07) is 9.44. The van der Waals surface area contributed by atoms with E-state index in [1.165, 1.54) is 0 Å². The first-order valence-electron chi connectivity index (χ1n) is 7.20. The molecule has 0 bridgehead atoms. The van der Waals surface area contributed by atoms with Gasteiger partial charge in [-0.1, -0.05) is 18.2 Å². The van der Waals surface area contributed by atoms with Gasteiger partial charge in [0.05, 0.1) is 24.8 Å². The molecule has 0 radical (unpaired) electrons. The molecule has 1 aromatic carbocycles. The maximum atomic E-state index is 11.8. The summed E-state index contributed by atoms with van der Waals surface area (Å²) < 4.78 is 8.49. The second kappa shape index (κ2) is 6.82. The summed E-state index contributed by atoms with van der Waals surface area (Å²) in [4.78, 5) is 11.8. The molecular weight excluding hydrogens is 296 g/mol. The lowest BCUT2D eigenvalue weighted by atomic mass is 10.3. The van der Waals surface area contributed by atoms with Gasteiger partial charge in [-0.15, -0.1) is 5.10 Å². The van der Waals surface area contributed by atoms with E-state index in [1.807, 2.05) is 43.5 Å². The van der Waals surface area contributed by atoms with Gasteiger partial charge < -0.3 is 4.74 Å². The Hall–Kier alpha value is -3.03. The Bertz CT molecular complexity index is 780. The van der Waals surface area contributed by atoms with E-state index >= 15 is 0 Å². The van der Waals surface area contributed by atoms with Crippen molar-refractivity contribution in [3.05, 3.63) is 54.1 Å². The SMILES string of the molecule is Cc1cnn(CCC(=O)OCc2nnnn2-c2ccccc2)c1. The first-order valence-corrected chi connectivity index (χ1v) is 7.20. The van der Waals surface area contributed by atoms with Crippen LogP contribution in [-0.2, 0) is 22.7 Å². The van der Waals surface area contributed by atoms with Crippen molar-refractivity contribution < 1.29 is 9.53 Å². The lowest BCUT2D eigenvalue weighted by Gasteiger charge is -2.06. The average Bonchev–Trinajstić information content (AvgIpc) is 3.20.